The first-order valence-electron chi connectivity index (χ1n) is 5.44. The van der Waals surface area contributed by atoms with Crippen LogP contribution >= 0.6 is 11.6 Å². The molecule has 4 N–H and O–H groups in total. The van der Waals surface area contributed by atoms with Crippen molar-refractivity contribution in [2.24, 2.45) is 5.84 Å². The maximum absolute atomic E-state index is 13.1. The van der Waals surface area contributed by atoms with Gasteiger partial charge in [0.25, 0.3) is 0 Å². The van der Waals surface area contributed by atoms with Crippen LogP contribution in [0.4, 0.5) is 34.9 Å². The molecule has 0 spiro atoms. The Morgan fingerprint density at radius 1 is 1.10 bits per heavy atom. The molecule has 1 heterocycles. The molecule has 0 aliphatic heterocycles. The van der Waals surface area contributed by atoms with Gasteiger partial charge >= 0.3 is 6.18 Å². The average molecular weight is 322 g/mol. The maximum Gasteiger partial charge on any atom is 0.451 e. The van der Waals surface area contributed by atoms with Gasteiger partial charge in [0, 0.05) is 6.07 Å². The van der Waals surface area contributed by atoms with Crippen LogP contribution in [0.25, 0.3) is 0 Å². The molecule has 0 saturated heterocycles. The Hall–Kier alpha value is -2.13. The van der Waals surface area contributed by atoms with Gasteiger partial charge in [0.2, 0.25) is 5.82 Å². The quantitative estimate of drug-likeness (QED) is 0.459. The molecule has 2 aromatic rings. The number of benzene rings is 1. The summed E-state index contributed by atoms with van der Waals surface area (Å²) in [5.74, 6) is 2.56. The van der Waals surface area contributed by atoms with Crippen LogP contribution in [0.3, 0.4) is 0 Å². The number of rotatable bonds is 3. The Bertz CT molecular complexity index is 662. The molecule has 2 rings (SSSR count). The molecule has 112 valence electrons. The van der Waals surface area contributed by atoms with Gasteiger partial charge in [-0.2, -0.15) is 13.2 Å². The third-order valence-corrected chi connectivity index (χ3v) is 2.65. The molecule has 1 aromatic heterocycles. The molecule has 0 saturated carbocycles. The van der Waals surface area contributed by atoms with Crippen molar-refractivity contribution >= 4 is 28.9 Å². The van der Waals surface area contributed by atoms with E-state index in [-0.39, 0.29) is 22.3 Å². The molecule has 10 heteroatoms. The summed E-state index contributed by atoms with van der Waals surface area (Å²) in [5.41, 5.74) is 2.05. The van der Waals surface area contributed by atoms with Crippen molar-refractivity contribution in [2.75, 3.05) is 10.7 Å². The van der Waals surface area contributed by atoms with Crippen molar-refractivity contribution in [3.8, 4) is 0 Å². The Morgan fingerprint density at radius 3 is 2.38 bits per heavy atom. The summed E-state index contributed by atoms with van der Waals surface area (Å²) in [5, 5.41) is 2.60. The summed E-state index contributed by atoms with van der Waals surface area (Å²) < 4.78 is 51.1. The molecule has 0 radical (unpaired) electrons. The second kappa shape index (κ2) is 5.70. The number of hydrogen-bond acceptors (Lipinski definition) is 5. The third-order valence-electron chi connectivity index (χ3n) is 2.32. The van der Waals surface area contributed by atoms with E-state index in [4.69, 9.17) is 17.4 Å². The van der Waals surface area contributed by atoms with Crippen LogP contribution in [0.1, 0.15) is 5.82 Å². The highest BCUT2D eigenvalue weighted by Crippen LogP contribution is 2.30. The molecule has 21 heavy (non-hydrogen) atoms. The van der Waals surface area contributed by atoms with Crippen molar-refractivity contribution in [1.29, 1.82) is 0 Å². The van der Waals surface area contributed by atoms with Crippen molar-refractivity contribution < 1.29 is 17.6 Å². The van der Waals surface area contributed by atoms with Crippen LogP contribution < -0.4 is 16.6 Å². The lowest BCUT2D eigenvalue weighted by Gasteiger charge is -2.12. The molecular weight excluding hydrogens is 314 g/mol. The fraction of sp³-hybridized carbons (Fsp3) is 0.0909. The van der Waals surface area contributed by atoms with Crippen LogP contribution in [0.15, 0.2) is 24.3 Å². The van der Waals surface area contributed by atoms with E-state index < -0.39 is 17.8 Å². The molecule has 0 unspecified atom stereocenters. The van der Waals surface area contributed by atoms with E-state index >= 15 is 0 Å². The zero-order valence-electron chi connectivity index (χ0n) is 10.2. The van der Waals surface area contributed by atoms with Gasteiger partial charge in [-0.25, -0.2) is 20.2 Å². The van der Waals surface area contributed by atoms with E-state index in [1.165, 1.54) is 6.07 Å². The van der Waals surface area contributed by atoms with Gasteiger partial charge in [0.1, 0.15) is 17.5 Å². The van der Waals surface area contributed by atoms with E-state index in [2.05, 4.69) is 15.3 Å². The number of nitrogens with zero attached hydrogens (tertiary/aromatic N) is 2. The normalized spacial score (nSPS) is 11.3. The molecule has 0 aliphatic rings. The van der Waals surface area contributed by atoms with Crippen LogP contribution in [0.5, 0.6) is 0 Å². The zero-order chi connectivity index (χ0) is 15.6. The number of hydrogen-bond donors (Lipinski definition) is 3. The average Bonchev–Trinajstić information content (AvgIpc) is 2.41. The summed E-state index contributed by atoms with van der Waals surface area (Å²) in [6, 6.07) is 4.51. The summed E-state index contributed by atoms with van der Waals surface area (Å²) >= 11 is 5.81. The molecule has 0 bridgehead atoms. The molecule has 0 aliphatic carbocycles. The highest BCUT2D eigenvalue weighted by molar-refractivity contribution is 6.33. The minimum atomic E-state index is -4.75. The topological polar surface area (TPSA) is 75.9 Å². The molecule has 1 aromatic carbocycles. The van der Waals surface area contributed by atoms with E-state index in [0.29, 0.717) is 0 Å². The minimum Gasteiger partial charge on any atom is -0.339 e. The van der Waals surface area contributed by atoms with Gasteiger partial charge in [-0.05, 0) is 18.2 Å². The first-order valence-corrected chi connectivity index (χ1v) is 5.82. The molecular formula is C11H8ClF4N5. The van der Waals surface area contributed by atoms with Gasteiger partial charge in [0.05, 0.1) is 10.7 Å². The van der Waals surface area contributed by atoms with Crippen molar-refractivity contribution in [2.45, 2.75) is 6.18 Å². The Morgan fingerprint density at radius 2 is 1.76 bits per heavy atom. The fourth-order valence-corrected chi connectivity index (χ4v) is 1.61. The summed E-state index contributed by atoms with van der Waals surface area (Å²) in [4.78, 5) is 6.48. The van der Waals surface area contributed by atoms with Crippen LogP contribution in [-0.4, -0.2) is 9.97 Å². The molecule has 0 fully saturated rings. The van der Waals surface area contributed by atoms with Gasteiger partial charge < -0.3 is 10.7 Å². The summed E-state index contributed by atoms with van der Waals surface area (Å²) in [7, 11) is 0. The third kappa shape index (κ3) is 3.70. The predicted octanol–water partition coefficient (Wildman–Crippen LogP) is 3.32. The Balaban J connectivity index is 2.42. The second-order valence-electron chi connectivity index (χ2n) is 3.85. The number of nitrogens with two attached hydrogens (primary N) is 1. The van der Waals surface area contributed by atoms with Gasteiger partial charge in [0.15, 0.2) is 0 Å². The van der Waals surface area contributed by atoms with Crippen molar-refractivity contribution in [3.05, 3.63) is 40.9 Å². The number of halogens is 5. The standard InChI is InChI=1S/C11H8ClF4N5/c12-6-2-1-5(13)3-7(6)18-8-4-9(21-17)20-10(19-8)11(14,15)16/h1-4H,17H2,(H2,18,19,20,21). The van der Waals surface area contributed by atoms with Crippen LogP contribution in [-0.2, 0) is 6.18 Å². The Labute approximate surface area is 121 Å². The number of anilines is 3. The van der Waals surface area contributed by atoms with Gasteiger partial charge in [-0.15, -0.1) is 0 Å². The lowest BCUT2D eigenvalue weighted by Crippen LogP contribution is -2.16. The minimum absolute atomic E-state index is 0.0615. The highest BCUT2D eigenvalue weighted by Gasteiger charge is 2.35. The van der Waals surface area contributed by atoms with Crippen LogP contribution in [0, 0.1) is 5.82 Å². The molecule has 0 amide bonds. The number of alkyl halides is 3. The van der Waals surface area contributed by atoms with Gasteiger partial charge in [-0.3, -0.25) is 0 Å². The number of nitrogen functional groups attached to an aromatic ring is 1. The number of hydrazine groups is 1. The molecule has 0 atom stereocenters. The summed E-state index contributed by atoms with van der Waals surface area (Å²) in [6.07, 6.45) is -4.75. The lowest BCUT2D eigenvalue weighted by molar-refractivity contribution is -0.144. The largest absolute Gasteiger partial charge is 0.451 e. The van der Waals surface area contributed by atoms with Gasteiger partial charge in [-0.1, -0.05) is 11.6 Å². The first-order chi connectivity index (χ1) is 9.79. The predicted molar refractivity (Wildman–Crippen MR) is 69.5 cm³/mol. The van der Waals surface area contributed by atoms with E-state index in [9.17, 15) is 17.6 Å². The van der Waals surface area contributed by atoms with Crippen LogP contribution in [0.2, 0.25) is 5.02 Å². The van der Waals surface area contributed by atoms with Crippen molar-refractivity contribution in [1.82, 2.24) is 9.97 Å². The SMILES string of the molecule is NNc1cc(Nc2cc(F)ccc2Cl)nc(C(F)(F)F)n1. The molecule has 5 nitrogen and oxygen atoms in total. The number of aromatic nitrogens is 2. The monoisotopic (exact) mass is 321 g/mol. The van der Waals surface area contributed by atoms with E-state index in [1.807, 2.05) is 5.43 Å². The van der Waals surface area contributed by atoms with E-state index in [0.717, 1.165) is 18.2 Å². The van der Waals surface area contributed by atoms with Crippen molar-refractivity contribution in [3.63, 3.8) is 0 Å². The second-order valence-corrected chi connectivity index (χ2v) is 4.26. The number of nitrogens with one attached hydrogen (secondary N) is 2. The Kier molecular flexibility index (Phi) is 4.14. The highest BCUT2D eigenvalue weighted by atomic mass is 35.5. The maximum atomic E-state index is 13.1. The zero-order valence-corrected chi connectivity index (χ0v) is 10.9. The first kappa shape index (κ1) is 15.3. The van der Waals surface area contributed by atoms with E-state index in [1.54, 1.807) is 0 Å². The lowest BCUT2D eigenvalue weighted by atomic mass is 10.3. The summed E-state index contributed by atoms with van der Waals surface area (Å²) in [6.45, 7) is 0. The smallest absolute Gasteiger partial charge is 0.339 e. The fourth-order valence-electron chi connectivity index (χ4n) is 1.44.